The van der Waals surface area contributed by atoms with Gasteiger partial charge in [0.15, 0.2) is 0 Å². The van der Waals surface area contributed by atoms with Gasteiger partial charge in [0.05, 0.1) is 11.3 Å². The topological polar surface area (TPSA) is 17.1 Å². The molecule has 0 amide bonds. The molecule has 1 saturated carbocycles. The Kier molecular flexibility index (Phi) is 2.98. The smallest absolute Gasteiger partial charge is 0.0843 e. The van der Waals surface area contributed by atoms with Crippen LogP contribution in [-0.4, -0.2) is 9.58 Å². The fourth-order valence-electron chi connectivity index (χ4n) is 1.35. The number of hydrogen-bond acceptors (Lipinski definition) is 1. The minimum absolute atomic E-state index is 0.626. The highest BCUT2D eigenvalue weighted by molar-refractivity contribution is 7.64. The summed E-state index contributed by atoms with van der Waals surface area (Å²) in [5, 5.41) is 1.85. The van der Waals surface area contributed by atoms with Gasteiger partial charge in [-0.05, 0) is 18.8 Å². The molecule has 2 heteroatoms. The lowest BCUT2D eigenvalue weighted by Crippen LogP contribution is -2.06. The molecular formula is C7H12OS. The second kappa shape index (κ2) is 3.83. The maximum atomic E-state index is 10.1. The van der Waals surface area contributed by atoms with E-state index in [1.807, 2.05) is 5.37 Å². The molecule has 0 aliphatic heterocycles. The predicted octanol–water partition coefficient (Wildman–Crippen LogP) is 1.58. The summed E-state index contributed by atoms with van der Waals surface area (Å²) in [4.78, 5) is 0. The minimum Gasteiger partial charge on any atom is -0.213 e. The van der Waals surface area contributed by atoms with Crippen LogP contribution >= 0.6 is 0 Å². The Balaban J connectivity index is 2.31. The fourth-order valence-corrected chi connectivity index (χ4v) is 1.78. The zero-order valence-electron chi connectivity index (χ0n) is 5.51. The molecule has 0 N–H and O–H groups in total. The Morgan fingerprint density at radius 2 is 1.89 bits per heavy atom. The van der Waals surface area contributed by atoms with Crippen molar-refractivity contribution in [1.82, 2.24) is 0 Å². The summed E-state index contributed by atoms with van der Waals surface area (Å²) in [7, 11) is 0. The first-order valence-corrected chi connectivity index (χ1v) is 4.36. The molecule has 0 heterocycles. The van der Waals surface area contributed by atoms with Crippen LogP contribution in [-0.2, 0) is 11.3 Å². The molecule has 0 aromatic carbocycles. The van der Waals surface area contributed by atoms with E-state index in [2.05, 4.69) is 0 Å². The number of hydrogen-bond donors (Lipinski definition) is 0. The summed E-state index contributed by atoms with van der Waals surface area (Å²) >= 11 is 0.633. The van der Waals surface area contributed by atoms with Crippen molar-refractivity contribution in [1.29, 1.82) is 0 Å². The van der Waals surface area contributed by atoms with Crippen LogP contribution in [0.1, 0.15) is 32.1 Å². The lowest BCUT2D eigenvalue weighted by atomic mass is 9.91. The molecule has 0 aromatic heterocycles. The van der Waals surface area contributed by atoms with E-state index in [1.165, 1.54) is 32.1 Å². The van der Waals surface area contributed by atoms with Crippen LogP contribution in [0.4, 0.5) is 0 Å². The summed E-state index contributed by atoms with van der Waals surface area (Å²) < 4.78 is 10.1. The zero-order chi connectivity index (χ0) is 6.53. The van der Waals surface area contributed by atoms with Crippen LogP contribution in [0.3, 0.4) is 0 Å². The highest BCUT2D eigenvalue weighted by atomic mass is 32.1. The van der Waals surface area contributed by atoms with Gasteiger partial charge >= 0.3 is 0 Å². The predicted molar refractivity (Wildman–Crippen MR) is 40.8 cm³/mol. The normalized spacial score (nSPS) is 21.3. The fraction of sp³-hybridized carbons (Fsp3) is 0.857. The largest absolute Gasteiger partial charge is 0.213 e. The van der Waals surface area contributed by atoms with E-state index in [0.29, 0.717) is 17.2 Å². The Hall–Kier alpha value is -0.110. The first-order valence-electron chi connectivity index (χ1n) is 3.55. The van der Waals surface area contributed by atoms with Crippen molar-refractivity contribution < 1.29 is 4.21 Å². The van der Waals surface area contributed by atoms with Crippen molar-refractivity contribution >= 4 is 16.6 Å². The van der Waals surface area contributed by atoms with Gasteiger partial charge in [-0.3, -0.25) is 0 Å². The van der Waals surface area contributed by atoms with Crippen LogP contribution in [0, 0.1) is 5.92 Å². The molecule has 9 heavy (non-hydrogen) atoms. The second-order valence-corrected chi connectivity index (χ2v) is 3.10. The van der Waals surface area contributed by atoms with E-state index in [9.17, 15) is 4.21 Å². The summed E-state index contributed by atoms with van der Waals surface area (Å²) in [5.41, 5.74) is 0. The van der Waals surface area contributed by atoms with Gasteiger partial charge in [-0.2, -0.15) is 0 Å². The summed E-state index contributed by atoms with van der Waals surface area (Å²) in [6.07, 6.45) is 6.50. The molecule has 0 radical (unpaired) electrons. The van der Waals surface area contributed by atoms with Crippen LogP contribution in [0.25, 0.3) is 0 Å². The lowest BCUT2D eigenvalue weighted by Gasteiger charge is -2.15. The third-order valence-electron chi connectivity index (χ3n) is 1.90. The van der Waals surface area contributed by atoms with Gasteiger partial charge in [-0.25, -0.2) is 4.21 Å². The van der Waals surface area contributed by atoms with Crippen molar-refractivity contribution in [3.05, 3.63) is 0 Å². The van der Waals surface area contributed by atoms with Gasteiger partial charge in [0.2, 0.25) is 0 Å². The van der Waals surface area contributed by atoms with E-state index >= 15 is 0 Å². The van der Waals surface area contributed by atoms with Crippen molar-refractivity contribution in [3.63, 3.8) is 0 Å². The lowest BCUT2D eigenvalue weighted by molar-refractivity contribution is 0.447. The Labute approximate surface area is 59.5 Å². The Bertz CT molecular complexity index is 121. The molecule has 0 bridgehead atoms. The van der Waals surface area contributed by atoms with Crippen LogP contribution in [0.5, 0.6) is 0 Å². The second-order valence-electron chi connectivity index (χ2n) is 2.63. The molecule has 52 valence electrons. The Morgan fingerprint density at radius 1 is 1.22 bits per heavy atom. The van der Waals surface area contributed by atoms with E-state index in [1.54, 1.807) is 0 Å². The molecule has 1 rings (SSSR count). The highest BCUT2D eigenvalue weighted by Crippen LogP contribution is 2.21. The zero-order valence-corrected chi connectivity index (χ0v) is 6.32. The molecule has 1 aliphatic rings. The Morgan fingerprint density at radius 3 is 2.44 bits per heavy atom. The molecule has 1 fully saturated rings. The van der Waals surface area contributed by atoms with Gasteiger partial charge in [-0.15, -0.1) is 0 Å². The van der Waals surface area contributed by atoms with Crippen LogP contribution in [0.15, 0.2) is 0 Å². The number of rotatable bonds is 1. The molecule has 1 aliphatic carbocycles. The first-order chi connectivity index (χ1) is 4.43. The molecule has 0 spiro atoms. The van der Waals surface area contributed by atoms with Gasteiger partial charge in [0.1, 0.15) is 0 Å². The monoisotopic (exact) mass is 144 g/mol. The standard InChI is InChI=1S/C7H12OS/c8-9-6-7-4-2-1-3-5-7/h6-7H,1-5H2. The van der Waals surface area contributed by atoms with Gasteiger partial charge < -0.3 is 0 Å². The third-order valence-corrected chi connectivity index (χ3v) is 2.39. The maximum absolute atomic E-state index is 10.1. The van der Waals surface area contributed by atoms with Crippen molar-refractivity contribution in [2.45, 2.75) is 32.1 Å². The summed E-state index contributed by atoms with van der Waals surface area (Å²) in [6.45, 7) is 0. The highest BCUT2D eigenvalue weighted by Gasteiger charge is 2.09. The molecule has 1 nitrogen and oxygen atoms in total. The van der Waals surface area contributed by atoms with E-state index in [4.69, 9.17) is 0 Å². The average Bonchev–Trinajstić information content (AvgIpc) is 1.91. The SMILES string of the molecule is O=S=CC1CCCCC1. The molecule has 0 saturated heterocycles. The van der Waals surface area contributed by atoms with Gasteiger partial charge in [0, 0.05) is 5.37 Å². The molecule has 0 atom stereocenters. The summed E-state index contributed by atoms with van der Waals surface area (Å²) in [6, 6.07) is 0. The van der Waals surface area contributed by atoms with Crippen molar-refractivity contribution in [2.75, 3.05) is 0 Å². The first kappa shape index (κ1) is 7.00. The molecular weight excluding hydrogens is 132 g/mol. The van der Waals surface area contributed by atoms with Crippen molar-refractivity contribution in [3.8, 4) is 0 Å². The average molecular weight is 144 g/mol. The van der Waals surface area contributed by atoms with Crippen LogP contribution < -0.4 is 0 Å². The van der Waals surface area contributed by atoms with Crippen LogP contribution in [0.2, 0.25) is 0 Å². The van der Waals surface area contributed by atoms with Crippen molar-refractivity contribution in [2.24, 2.45) is 5.92 Å². The summed E-state index contributed by atoms with van der Waals surface area (Å²) in [5.74, 6) is 0.626. The quantitative estimate of drug-likeness (QED) is 0.511. The minimum atomic E-state index is 0.626. The third kappa shape index (κ3) is 2.31. The van der Waals surface area contributed by atoms with E-state index < -0.39 is 0 Å². The maximum Gasteiger partial charge on any atom is 0.0843 e. The molecule has 0 aromatic rings. The van der Waals surface area contributed by atoms with Gasteiger partial charge in [-0.1, -0.05) is 19.3 Å². The van der Waals surface area contributed by atoms with E-state index in [0.717, 1.165) is 0 Å². The van der Waals surface area contributed by atoms with Gasteiger partial charge in [0.25, 0.3) is 0 Å². The van der Waals surface area contributed by atoms with E-state index in [-0.39, 0.29) is 0 Å². The molecule has 0 unspecified atom stereocenters.